The van der Waals surface area contributed by atoms with Crippen LogP contribution in [0.5, 0.6) is 0 Å². The standard InChI is InChI=1S/C11H21N5.HI/c1-3-12-11(13-4-2)14-7-5-9-16-10-6-8-15-16;/h6,8,10H,3-5,7,9H2,1-2H3,(H2,12,13,14);1H. The second kappa shape index (κ2) is 10.4. The van der Waals surface area contributed by atoms with Gasteiger partial charge in [0.1, 0.15) is 0 Å². The van der Waals surface area contributed by atoms with Crippen LogP contribution in [-0.4, -0.2) is 35.4 Å². The zero-order chi connectivity index (χ0) is 11.6. The lowest BCUT2D eigenvalue weighted by Crippen LogP contribution is -2.37. The van der Waals surface area contributed by atoms with Gasteiger partial charge in [-0.2, -0.15) is 5.10 Å². The molecule has 0 radical (unpaired) electrons. The first kappa shape index (κ1) is 16.2. The van der Waals surface area contributed by atoms with Gasteiger partial charge in [0.15, 0.2) is 5.96 Å². The van der Waals surface area contributed by atoms with Crippen LogP contribution in [0.25, 0.3) is 0 Å². The fourth-order valence-electron chi connectivity index (χ4n) is 1.37. The lowest BCUT2D eigenvalue weighted by atomic mass is 10.4. The van der Waals surface area contributed by atoms with E-state index in [0.717, 1.165) is 38.6 Å². The van der Waals surface area contributed by atoms with Gasteiger partial charge in [-0.3, -0.25) is 9.67 Å². The molecule has 2 N–H and O–H groups in total. The number of hydrogen-bond donors (Lipinski definition) is 2. The third-order valence-corrected chi connectivity index (χ3v) is 2.06. The van der Waals surface area contributed by atoms with Gasteiger partial charge >= 0.3 is 0 Å². The molecule has 0 saturated heterocycles. The first-order valence-electron chi connectivity index (χ1n) is 5.86. The molecule has 0 unspecified atom stereocenters. The zero-order valence-corrected chi connectivity index (χ0v) is 12.8. The molecule has 0 atom stereocenters. The molecule has 0 aliphatic heterocycles. The van der Waals surface area contributed by atoms with E-state index in [1.807, 2.05) is 16.9 Å². The average Bonchev–Trinajstić information content (AvgIpc) is 2.78. The number of guanidine groups is 1. The summed E-state index contributed by atoms with van der Waals surface area (Å²) in [4.78, 5) is 4.46. The van der Waals surface area contributed by atoms with Gasteiger partial charge in [-0.25, -0.2) is 0 Å². The Kier molecular flexibility index (Phi) is 9.89. The van der Waals surface area contributed by atoms with Gasteiger partial charge in [-0.05, 0) is 26.3 Å². The average molecular weight is 351 g/mol. The second-order valence-electron chi connectivity index (χ2n) is 3.41. The molecule has 0 spiro atoms. The van der Waals surface area contributed by atoms with Crippen LogP contribution in [0.3, 0.4) is 0 Å². The highest BCUT2D eigenvalue weighted by atomic mass is 127. The number of aliphatic imine (C=N–C) groups is 1. The summed E-state index contributed by atoms with van der Waals surface area (Å²) in [5, 5.41) is 10.5. The highest BCUT2D eigenvalue weighted by Crippen LogP contribution is 1.89. The third kappa shape index (κ3) is 7.19. The molecule has 0 aliphatic carbocycles. The van der Waals surface area contributed by atoms with Crippen molar-refractivity contribution in [2.24, 2.45) is 4.99 Å². The zero-order valence-electron chi connectivity index (χ0n) is 10.5. The normalized spacial score (nSPS) is 9.29. The van der Waals surface area contributed by atoms with Crippen LogP contribution in [-0.2, 0) is 6.54 Å². The molecule has 0 aromatic carbocycles. The number of nitrogens with one attached hydrogen (secondary N) is 2. The minimum absolute atomic E-state index is 0. The van der Waals surface area contributed by atoms with Crippen LogP contribution in [0.15, 0.2) is 23.5 Å². The van der Waals surface area contributed by atoms with Crippen molar-refractivity contribution in [3.63, 3.8) is 0 Å². The molecule has 98 valence electrons. The maximum Gasteiger partial charge on any atom is 0.191 e. The smallest absolute Gasteiger partial charge is 0.191 e. The van der Waals surface area contributed by atoms with Crippen LogP contribution in [0.2, 0.25) is 0 Å². The summed E-state index contributed by atoms with van der Waals surface area (Å²) < 4.78 is 1.93. The van der Waals surface area contributed by atoms with E-state index in [4.69, 9.17) is 0 Å². The third-order valence-electron chi connectivity index (χ3n) is 2.06. The Morgan fingerprint density at radius 3 is 2.53 bits per heavy atom. The van der Waals surface area contributed by atoms with Crippen molar-refractivity contribution in [1.82, 2.24) is 20.4 Å². The minimum atomic E-state index is 0. The first-order chi connectivity index (χ1) is 7.86. The maximum atomic E-state index is 4.46. The van der Waals surface area contributed by atoms with Gasteiger partial charge in [-0.15, -0.1) is 24.0 Å². The number of halogens is 1. The van der Waals surface area contributed by atoms with Gasteiger partial charge in [0, 0.05) is 38.6 Å². The molecule has 0 aliphatic rings. The number of aryl methyl sites for hydroxylation is 1. The lowest BCUT2D eigenvalue weighted by molar-refractivity contribution is 0.584. The van der Waals surface area contributed by atoms with Crippen molar-refractivity contribution in [2.45, 2.75) is 26.8 Å². The van der Waals surface area contributed by atoms with Gasteiger partial charge < -0.3 is 10.6 Å². The molecule has 0 bridgehead atoms. The van der Waals surface area contributed by atoms with Gasteiger partial charge in [0.2, 0.25) is 0 Å². The molecular formula is C11H22IN5. The van der Waals surface area contributed by atoms with Gasteiger partial charge in [0.25, 0.3) is 0 Å². The minimum Gasteiger partial charge on any atom is -0.357 e. The summed E-state index contributed by atoms with van der Waals surface area (Å²) in [6.07, 6.45) is 4.77. The Hall–Kier alpha value is -0.790. The number of hydrogen-bond acceptors (Lipinski definition) is 2. The molecular weight excluding hydrogens is 329 g/mol. The largest absolute Gasteiger partial charge is 0.357 e. The van der Waals surface area contributed by atoms with E-state index in [0.29, 0.717) is 0 Å². The Bertz CT molecular complexity index is 289. The number of rotatable bonds is 6. The predicted molar refractivity (Wildman–Crippen MR) is 81.9 cm³/mol. The fraction of sp³-hybridized carbons (Fsp3) is 0.636. The van der Waals surface area contributed by atoms with E-state index in [1.54, 1.807) is 6.20 Å². The number of aromatic nitrogens is 2. The summed E-state index contributed by atoms with van der Waals surface area (Å²) in [6.45, 7) is 7.65. The first-order valence-corrected chi connectivity index (χ1v) is 5.86. The summed E-state index contributed by atoms with van der Waals surface area (Å²) in [7, 11) is 0. The molecule has 0 amide bonds. The Labute approximate surface area is 120 Å². The van der Waals surface area contributed by atoms with E-state index < -0.39 is 0 Å². The lowest BCUT2D eigenvalue weighted by Gasteiger charge is -2.08. The summed E-state index contributed by atoms with van der Waals surface area (Å²) in [5.74, 6) is 0.894. The van der Waals surface area contributed by atoms with Crippen LogP contribution in [0, 0.1) is 0 Å². The molecule has 1 aromatic heterocycles. The quantitative estimate of drug-likeness (QED) is 0.353. The Morgan fingerprint density at radius 2 is 2.00 bits per heavy atom. The van der Waals surface area contributed by atoms with Crippen LogP contribution in [0.4, 0.5) is 0 Å². The monoisotopic (exact) mass is 351 g/mol. The van der Waals surface area contributed by atoms with Crippen LogP contribution >= 0.6 is 24.0 Å². The molecule has 17 heavy (non-hydrogen) atoms. The Morgan fingerprint density at radius 1 is 1.29 bits per heavy atom. The molecule has 0 fully saturated rings. The Balaban J connectivity index is 0.00000256. The summed E-state index contributed by atoms with van der Waals surface area (Å²) in [5.41, 5.74) is 0. The summed E-state index contributed by atoms with van der Waals surface area (Å²) in [6, 6.07) is 1.94. The predicted octanol–water partition coefficient (Wildman–Crippen LogP) is 1.47. The number of nitrogens with zero attached hydrogens (tertiary/aromatic N) is 3. The van der Waals surface area contributed by atoms with Crippen molar-refractivity contribution in [3.8, 4) is 0 Å². The van der Waals surface area contributed by atoms with E-state index in [1.165, 1.54) is 0 Å². The molecule has 1 rings (SSSR count). The van der Waals surface area contributed by atoms with Crippen molar-refractivity contribution < 1.29 is 0 Å². The highest BCUT2D eigenvalue weighted by molar-refractivity contribution is 14.0. The molecule has 1 heterocycles. The molecule has 5 nitrogen and oxygen atoms in total. The van der Waals surface area contributed by atoms with Crippen LogP contribution < -0.4 is 10.6 Å². The fourth-order valence-corrected chi connectivity index (χ4v) is 1.37. The van der Waals surface area contributed by atoms with Crippen LogP contribution in [0.1, 0.15) is 20.3 Å². The van der Waals surface area contributed by atoms with E-state index >= 15 is 0 Å². The summed E-state index contributed by atoms with van der Waals surface area (Å²) >= 11 is 0. The van der Waals surface area contributed by atoms with Gasteiger partial charge in [-0.1, -0.05) is 0 Å². The van der Waals surface area contributed by atoms with Crippen molar-refractivity contribution >= 4 is 29.9 Å². The topological polar surface area (TPSA) is 54.2 Å². The molecule has 0 saturated carbocycles. The van der Waals surface area contributed by atoms with E-state index in [2.05, 4.69) is 34.6 Å². The van der Waals surface area contributed by atoms with Crippen molar-refractivity contribution in [1.29, 1.82) is 0 Å². The van der Waals surface area contributed by atoms with E-state index in [-0.39, 0.29) is 24.0 Å². The SMILES string of the molecule is CCNC(=NCCCn1cccn1)NCC.I. The van der Waals surface area contributed by atoms with Gasteiger partial charge in [0.05, 0.1) is 0 Å². The van der Waals surface area contributed by atoms with E-state index in [9.17, 15) is 0 Å². The second-order valence-corrected chi connectivity index (χ2v) is 3.41. The molecule has 6 heteroatoms. The highest BCUT2D eigenvalue weighted by Gasteiger charge is 1.94. The maximum absolute atomic E-state index is 4.46. The van der Waals surface area contributed by atoms with Crippen molar-refractivity contribution in [3.05, 3.63) is 18.5 Å². The van der Waals surface area contributed by atoms with Crippen molar-refractivity contribution in [2.75, 3.05) is 19.6 Å². The molecule has 1 aromatic rings.